The van der Waals surface area contributed by atoms with Crippen LogP contribution in [-0.4, -0.2) is 29.8 Å². The highest BCUT2D eigenvalue weighted by atomic mass is 19.1. The minimum atomic E-state index is -0.278. The van der Waals surface area contributed by atoms with E-state index in [1.54, 1.807) is 17.0 Å². The molecule has 132 valence electrons. The molecule has 4 nitrogen and oxygen atoms in total. The summed E-state index contributed by atoms with van der Waals surface area (Å²) in [7, 11) is 0. The highest BCUT2D eigenvalue weighted by molar-refractivity contribution is 5.84. The highest BCUT2D eigenvalue weighted by Crippen LogP contribution is 2.19. The average molecular weight is 342 g/mol. The maximum absolute atomic E-state index is 12.9. The topological polar surface area (TPSA) is 49.4 Å². The highest BCUT2D eigenvalue weighted by Gasteiger charge is 2.20. The maximum Gasteiger partial charge on any atom is 0.239 e. The lowest BCUT2D eigenvalue weighted by molar-refractivity contribution is -0.136. The van der Waals surface area contributed by atoms with Gasteiger partial charge in [-0.2, -0.15) is 0 Å². The molecule has 0 radical (unpaired) electrons. The Morgan fingerprint density at radius 1 is 1.08 bits per heavy atom. The number of carbonyl (C=O) groups excluding carboxylic acids is 2. The largest absolute Gasteiger partial charge is 0.354 e. The SMILES string of the molecule is CC(=O)N(CC(=O)NCCc1ccc(F)cc1)C(C)c1ccccc1. The summed E-state index contributed by atoms with van der Waals surface area (Å²) in [6.07, 6.45) is 0.611. The van der Waals surface area contributed by atoms with Crippen molar-refractivity contribution in [2.75, 3.05) is 13.1 Å². The zero-order valence-electron chi connectivity index (χ0n) is 14.5. The van der Waals surface area contributed by atoms with Crippen LogP contribution in [0.4, 0.5) is 4.39 Å². The van der Waals surface area contributed by atoms with Gasteiger partial charge < -0.3 is 10.2 Å². The van der Waals surface area contributed by atoms with Crippen LogP contribution in [0, 0.1) is 5.82 Å². The van der Waals surface area contributed by atoms with Crippen LogP contribution >= 0.6 is 0 Å². The Labute approximate surface area is 147 Å². The summed E-state index contributed by atoms with van der Waals surface area (Å²) in [4.78, 5) is 25.6. The van der Waals surface area contributed by atoms with Gasteiger partial charge in [0.2, 0.25) is 11.8 Å². The van der Waals surface area contributed by atoms with Gasteiger partial charge in [-0.3, -0.25) is 9.59 Å². The summed E-state index contributed by atoms with van der Waals surface area (Å²) < 4.78 is 12.9. The monoisotopic (exact) mass is 342 g/mol. The third kappa shape index (κ3) is 5.71. The third-order valence-corrected chi connectivity index (χ3v) is 4.12. The first-order valence-corrected chi connectivity index (χ1v) is 8.30. The van der Waals surface area contributed by atoms with E-state index in [4.69, 9.17) is 0 Å². The van der Waals surface area contributed by atoms with Crippen LogP contribution < -0.4 is 5.32 Å². The molecule has 0 aromatic heterocycles. The number of nitrogens with zero attached hydrogens (tertiary/aromatic N) is 1. The summed E-state index contributed by atoms with van der Waals surface area (Å²) in [6.45, 7) is 3.82. The molecule has 0 heterocycles. The van der Waals surface area contributed by atoms with Gasteiger partial charge in [-0.1, -0.05) is 42.5 Å². The van der Waals surface area contributed by atoms with E-state index in [9.17, 15) is 14.0 Å². The predicted octanol–water partition coefficient (Wildman–Crippen LogP) is 3.09. The first-order chi connectivity index (χ1) is 12.0. The Bertz CT molecular complexity index is 701. The molecule has 1 unspecified atom stereocenters. The Kier molecular flexibility index (Phi) is 6.69. The fourth-order valence-corrected chi connectivity index (χ4v) is 2.64. The molecule has 0 aliphatic heterocycles. The molecule has 5 heteroatoms. The fraction of sp³-hybridized carbons (Fsp3) is 0.300. The van der Waals surface area contributed by atoms with Crippen molar-refractivity contribution in [3.8, 4) is 0 Å². The summed E-state index contributed by atoms with van der Waals surface area (Å²) in [6, 6.07) is 15.6. The van der Waals surface area contributed by atoms with Gasteiger partial charge in [0.15, 0.2) is 0 Å². The van der Waals surface area contributed by atoms with Crippen molar-refractivity contribution in [1.82, 2.24) is 10.2 Å². The molecule has 2 rings (SSSR count). The molecular weight excluding hydrogens is 319 g/mol. The number of rotatable bonds is 7. The minimum Gasteiger partial charge on any atom is -0.354 e. The van der Waals surface area contributed by atoms with E-state index < -0.39 is 0 Å². The summed E-state index contributed by atoms with van der Waals surface area (Å²) >= 11 is 0. The molecule has 2 aromatic rings. The Balaban J connectivity index is 1.87. The van der Waals surface area contributed by atoms with Crippen LogP contribution in [-0.2, 0) is 16.0 Å². The van der Waals surface area contributed by atoms with Crippen molar-refractivity contribution in [2.24, 2.45) is 0 Å². The van der Waals surface area contributed by atoms with Gasteiger partial charge in [-0.05, 0) is 36.6 Å². The van der Waals surface area contributed by atoms with Crippen molar-refractivity contribution in [1.29, 1.82) is 0 Å². The average Bonchev–Trinajstić information content (AvgIpc) is 2.61. The van der Waals surface area contributed by atoms with E-state index >= 15 is 0 Å². The van der Waals surface area contributed by atoms with E-state index in [0.29, 0.717) is 13.0 Å². The number of hydrogen-bond acceptors (Lipinski definition) is 2. The van der Waals surface area contributed by atoms with Crippen molar-refractivity contribution < 1.29 is 14.0 Å². The van der Waals surface area contributed by atoms with Crippen molar-refractivity contribution in [3.63, 3.8) is 0 Å². The number of nitrogens with one attached hydrogen (secondary N) is 1. The Morgan fingerprint density at radius 3 is 2.32 bits per heavy atom. The van der Waals surface area contributed by atoms with E-state index in [1.807, 2.05) is 37.3 Å². The zero-order chi connectivity index (χ0) is 18.2. The van der Waals surface area contributed by atoms with Crippen molar-refractivity contribution in [3.05, 3.63) is 71.5 Å². The number of benzene rings is 2. The lowest BCUT2D eigenvalue weighted by Gasteiger charge is -2.28. The molecule has 1 N–H and O–H groups in total. The molecule has 0 fully saturated rings. The van der Waals surface area contributed by atoms with Crippen LogP contribution in [0.1, 0.15) is 31.0 Å². The van der Waals surface area contributed by atoms with Gasteiger partial charge >= 0.3 is 0 Å². The van der Waals surface area contributed by atoms with Gasteiger partial charge in [0.1, 0.15) is 12.4 Å². The van der Waals surface area contributed by atoms with Crippen LogP contribution in [0.15, 0.2) is 54.6 Å². The standard InChI is InChI=1S/C20H23FN2O2/c1-15(18-6-4-3-5-7-18)23(16(2)24)14-20(25)22-13-12-17-8-10-19(21)11-9-17/h3-11,15H,12-14H2,1-2H3,(H,22,25). The lowest BCUT2D eigenvalue weighted by Crippen LogP contribution is -2.41. The first kappa shape index (κ1) is 18.6. The van der Waals surface area contributed by atoms with Crippen LogP contribution in [0.25, 0.3) is 0 Å². The quantitative estimate of drug-likeness (QED) is 0.841. The number of halogens is 1. The van der Waals surface area contributed by atoms with E-state index in [1.165, 1.54) is 19.1 Å². The van der Waals surface area contributed by atoms with Crippen LogP contribution in [0.5, 0.6) is 0 Å². The van der Waals surface area contributed by atoms with E-state index in [0.717, 1.165) is 11.1 Å². The van der Waals surface area contributed by atoms with Crippen LogP contribution in [0.2, 0.25) is 0 Å². The van der Waals surface area contributed by atoms with Gasteiger partial charge in [-0.25, -0.2) is 4.39 Å². The van der Waals surface area contributed by atoms with Crippen molar-refractivity contribution >= 4 is 11.8 Å². The second-order valence-electron chi connectivity index (χ2n) is 5.96. The van der Waals surface area contributed by atoms with Crippen molar-refractivity contribution in [2.45, 2.75) is 26.3 Å². The Hall–Kier alpha value is -2.69. The van der Waals surface area contributed by atoms with Crippen LogP contribution in [0.3, 0.4) is 0 Å². The molecule has 0 aliphatic carbocycles. The molecule has 0 bridgehead atoms. The maximum atomic E-state index is 12.9. The lowest BCUT2D eigenvalue weighted by atomic mass is 10.1. The molecule has 0 saturated heterocycles. The van der Waals surface area contributed by atoms with E-state index in [-0.39, 0.29) is 30.2 Å². The third-order valence-electron chi connectivity index (χ3n) is 4.12. The summed E-state index contributed by atoms with van der Waals surface area (Å²) in [5, 5.41) is 2.81. The zero-order valence-corrected chi connectivity index (χ0v) is 14.5. The molecule has 2 amide bonds. The summed E-state index contributed by atoms with van der Waals surface area (Å²) in [5.41, 5.74) is 1.93. The Morgan fingerprint density at radius 2 is 1.72 bits per heavy atom. The first-order valence-electron chi connectivity index (χ1n) is 8.30. The predicted molar refractivity (Wildman–Crippen MR) is 95.4 cm³/mol. The fourth-order valence-electron chi connectivity index (χ4n) is 2.64. The minimum absolute atomic E-state index is 0.00874. The molecule has 2 aromatic carbocycles. The molecule has 0 saturated carbocycles. The number of amides is 2. The smallest absolute Gasteiger partial charge is 0.239 e. The molecule has 1 atom stereocenters. The van der Waals surface area contributed by atoms with Gasteiger partial charge in [-0.15, -0.1) is 0 Å². The second kappa shape index (κ2) is 8.97. The normalized spacial score (nSPS) is 11.6. The number of hydrogen-bond donors (Lipinski definition) is 1. The summed E-state index contributed by atoms with van der Waals surface area (Å²) in [5.74, 6) is -0.634. The molecule has 0 spiro atoms. The van der Waals surface area contributed by atoms with Gasteiger partial charge in [0, 0.05) is 13.5 Å². The van der Waals surface area contributed by atoms with E-state index in [2.05, 4.69) is 5.32 Å². The molecule has 25 heavy (non-hydrogen) atoms. The van der Waals surface area contributed by atoms with Gasteiger partial charge in [0.05, 0.1) is 6.04 Å². The van der Waals surface area contributed by atoms with Gasteiger partial charge in [0.25, 0.3) is 0 Å². The number of carbonyl (C=O) groups is 2. The molecular formula is C20H23FN2O2. The molecule has 0 aliphatic rings. The second-order valence-corrected chi connectivity index (χ2v) is 5.96.